The SMILES string of the molecule is C/C=C/C(O)N1CCCC(n2nc(-c3ccc(Oc4ccccc4)cc3)c3c(N)ncnc32)C1. The highest BCUT2D eigenvalue weighted by Gasteiger charge is 2.28. The second-order valence-electron chi connectivity index (χ2n) is 8.42. The van der Waals surface area contributed by atoms with E-state index in [0.717, 1.165) is 47.5 Å². The van der Waals surface area contributed by atoms with Crippen molar-refractivity contribution in [2.24, 2.45) is 0 Å². The Hall–Kier alpha value is -3.75. The van der Waals surface area contributed by atoms with Crippen LogP contribution in [0.25, 0.3) is 22.3 Å². The van der Waals surface area contributed by atoms with Gasteiger partial charge < -0.3 is 15.6 Å². The number of nitrogens with zero attached hydrogens (tertiary/aromatic N) is 5. The summed E-state index contributed by atoms with van der Waals surface area (Å²) in [6.07, 6.45) is 6.45. The maximum Gasteiger partial charge on any atom is 0.164 e. The number of aliphatic hydroxyl groups excluding tert-OH is 1. The summed E-state index contributed by atoms with van der Waals surface area (Å²) in [6, 6.07) is 17.5. The normalized spacial score (nSPS) is 17.9. The molecular formula is C26H28N6O2. The fraction of sp³-hybridized carbons (Fsp3) is 0.269. The minimum atomic E-state index is -0.606. The number of para-hydroxylation sites is 1. The van der Waals surface area contributed by atoms with Crippen molar-refractivity contribution in [3.05, 3.63) is 73.1 Å². The van der Waals surface area contributed by atoms with E-state index in [1.165, 1.54) is 6.33 Å². The summed E-state index contributed by atoms with van der Waals surface area (Å²) in [4.78, 5) is 10.8. The van der Waals surface area contributed by atoms with E-state index in [2.05, 4.69) is 14.9 Å². The van der Waals surface area contributed by atoms with E-state index in [0.29, 0.717) is 18.0 Å². The molecule has 2 aromatic carbocycles. The zero-order chi connectivity index (χ0) is 23.5. The number of nitrogen functional groups attached to an aromatic ring is 1. The number of likely N-dealkylation sites (tertiary alicyclic amines) is 1. The number of rotatable bonds is 6. The molecule has 1 aliphatic rings. The van der Waals surface area contributed by atoms with Crippen LogP contribution in [0.15, 0.2) is 73.1 Å². The van der Waals surface area contributed by atoms with Gasteiger partial charge in [-0.25, -0.2) is 14.6 Å². The summed E-state index contributed by atoms with van der Waals surface area (Å²) in [7, 11) is 0. The van der Waals surface area contributed by atoms with E-state index < -0.39 is 6.23 Å². The van der Waals surface area contributed by atoms with Crippen molar-refractivity contribution in [1.82, 2.24) is 24.6 Å². The van der Waals surface area contributed by atoms with Crippen LogP contribution in [-0.4, -0.2) is 49.1 Å². The van der Waals surface area contributed by atoms with Crippen molar-refractivity contribution in [1.29, 1.82) is 0 Å². The molecule has 0 amide bonds. The Morgan fingerprint density at radius 1 is 1.09 bits per heavy atom. The zero-order valence-electron chi connectivity index (χ0n) is 19.1. The molecule has 8 nitrogen and oxygen atoms in total. The van der Waals surface area contributed by atoms with Crippen molar-refractivity contribution >= 4 is 16.9 Å². The second-order valence-corrected chi connectivity index (χ2v) is 8.42. The number of hydrogen-bond donors (Lipinski definition) is 2. The third kappa shape index (κ3) is 4.37. The van der Waals surface area contributed by atoms with Crippen molar-refractivity contribution in [2.45, 2.75) is 32.0 Å². The fourth-order valence-electron chi connectivity index (χ4n) is 4.47. The van der Waals surface area contributed by atoms with Crippen LogP contribution in [0.1, 0.15) is 25.8 Å². The van der Waals surface area contributed by atoms with Crippen molar-refractivity contribution in [2.75, 3.05) is 18.8 Å². The van der Waals surface area contributed by atoms with E-state index in [9.17, 15) is 5.11 Å². The van der Waals surface area contributed by atoms with Crippen LogP contribution in [0.4, 0.5) is 5.82 Å². The lowest BCUT2D eigenvalue weighted by Gasteiger charge is -2.34. The maximum atomic E-state index is 10.5. The highest BCUT2D eigenvalue weighted by molar-refractivity contribution is 5.98. The van der Waals surface area contributed by atoms with Gasteiger partial charge in [-0.15, -0.1) is 0 Å². The Labute approximate surface area is 198 Å². The quantitative estimate of drug-likeness (QED) is 0.415. The lowest BCUT2D eigenvalue weighted by atomic mass is 10.1. The zero-order valence-corrected chi connectivity index (χ0v) is 19.1. The van der Waals surface area contributed by atoms with Gasteiger partial charge in [0.15, 0.2) is 5.65 Å². The number of ether oxygens (including phenoxy) is 1. The number of nitrogens with two attached hydrogens (primary N) is 1. The van der Waals surface area contributed by atoms with Crippen molar-refractivity contribution in [3.8, 4) is 22.8 Å². The molecule has 0 aliphatic carbocycles. The predicted octanol–water partition coefficient (Wildman–Crippen LogP) is 4.40. The molecule has 1 saturated heterocycles. The van der Waals surface area contributed by atoms with Gasteiger partial charge in [0.1, 0.15) is 35.6 Å². The van der Waals surface area contributed by atoms with Gasteiger partial charge in [-0.1, -0.05) is 24.3 Å². The highest BCUT2D eigenvalue weighted by Crippen LogP contribution is 2.35. The first-order valence-electron chi connectivity index (χ1n) is 11.5. The van der Waals surface area contributed by atoms with E-state index in [4.69, 9.17) is 15.6 Å². The summed E-state index contributed by atoms with van der Waals surface area (Å²) in [5, 5.41) is 16.2. The molecule has 2 unspecified atom stereocenters. The fourth-order valence-corrected chi connectivity index (χ4v) is 4.47. The summed E-state index contributed by atoms with van der Waals surface area (Å²) in [5.41, 5.74) is 8.65. The van der Waals surface area contributed by atoms with Crippen LogP contribution in [-0.2, 0) is 0 Å². The predicted molar refractivity (Wildman–Crippen MR) is 132 cm³/mol. The van der Waals surface area contributed by atoms with Gasteiger partial charge in [-0.2, -0.15) is 5.10 Å². The van der Waals surface area contributed by atoms with Crippen LogP contribution in [0.2, 0.25) is 0 Å². The molecule has 0 spiro atoms. The number of hydrogen-bond acceptors (Lipinski definition) is 7. The van der Waals surface area contributed by atoms with Gasteiger partial charge in [-0.3, -0.25) is 4.90 Å². The summed E-state index contributed by atoms with van der Waals surface area (Å²) < 4.78 is 7.88. The number of benzene rings is 2. The van der Waals surface area contributed by atoms with Gasteiger partial charge in [0.05, 0.1) is 11.4 Å². The summed E-state index contributed by atoms with van der Waals surface area (Å²) in [5.74, 6) is 1.92. The Kier molecular flexibility index (Phi) is 6.24. The molecule has 3 heterocycles. The first kappa shape index (κ1) is 22.1. The molecule has 0 bridgehead atoms. The smallest absolute Gasteiger partial charge is 0.164 e. The van der Waals surface area contributed by atoms with Crippen LogP contribution in [0.5, 0.6) is 11.5 Å². The number of piperidine rings is 1. The molecule has 174 valence electrons. The number of aliphatic hydroxyl groups is 1. The van der Waals surface area contributed by atoms with Crippen LogP contribution < -0.4 is 10.5 Å². The van der Waals surface area contributed by atoms with E-state index in [1.54, 1.807) is 6.08 Å². The van der Waals surface area contributed by atoms with Gasteiger partial charge in [0.25, 0.3) is 0 Å². The molecule has 34 heavy (non-hydrogen) atoms. The first-order chi connectivity index (χ1) is 16.6. The lowest BCUT2D eigenvalue weighted by molar-refractivity contribution is 0.0123. The first-order valence-corrected chi connectivity index (χ1v) is 11.5. The number of allylic oxidation sites excluding steroid dienone is 1. The van der Waals surface area contributed by atoms with Gasteiger partial charge in [0.2, 0.25) is 0 Å². The Balaban J connectivity index is 1.48. The van der Waals surface area contributed by atoms with Gasteiger partial charge in [0, 0.05) is 18.7 Å². The monoisotopic (exact) mass is 456 g/mol. The lowest BCUT2D eigenvalue weighted by Crippen LogP contribution is -2.42. The average Bonchev–Trinajstić information content (AvgIpc) is 3.26. The molecule has 3 N–H and O–H groups in total. The summed E-state index contributed by atoms with van der Waals surface area (Å²) >= 11 is 0. The molecule has 0 saturated carbocycles. The van der Waals surface area contributed by atoms with Crippen LogP contribution >= 0.6 is 0 Å². The standard InChI is InChI=1S/C26H28N6O2/c1-2-7-22(33)31-15-6-8-19(16-31)32-26-23(25(27)28-17-29-26)24(30-32)18-11-13-21(14-12-18)34-20-9-4-3-5-10-20/h2-5,7,9-14,17,19,22,33H,6,8,15-16H2,1H3,(H2,27,28,29)/b7-2+. The van der Waals surface area contributed by atoms with Gasteiger partial charge in [-0.05, 0) is 62.2 Å². The number of fused-ring (bicyclic) bond motifs is 1. The molecule has 4 aromatic rings. The Morgan fingerprint density at radius 2 is 1.85 bits per heavy atom. The van der Waals surface area contributed by atoms with Crippen molar-refractivity contribution < 1.29 is 9.84 Å². The second kappa shape index (κ2) is 9.62. The van der Waals surface area contributed by atoms with E-state index >= 15 is 0 Å². The van der Waals surface area contributed by atoms with Crippen LogP contribution in [0, 0.1) is 0 Å². The van der Waals surface area contributed by atoms with E-state index in [1.807, 2.05) is 72.3 Å². The largest absolute Gasteiger partial charge is 0.457 e. The molecular weight excluding hydrogens is 428 g/mol. The van der Waals surface area contributed by atoms with E-state index in [-0.39, 0.29) is 6.04 Å². The Bertz CT molecular complexity index is 1290. The van der Waals surface area contributed by atoms with Crippen molar-refractivity contribution in [3.63, 3.8) is 0 Å². The third-order valence-electron chi connectivity index (χ3n) is 6.14. The maximum absolute atomic E-state index is 10.5. The Morgan fingerprint density at radius 3 is 2.62 bits per heavy atom. The minimum absolute atomic E-state index is 0.0693. The number of anilines is 1. The van der Waals surface area contributed by atoms with Crippen LogP contribution in [0.3, 0.4) is 0 Å². The highest BCUT2D eigenvalue weighted by atomic mass is 16.5. The molecule has 1 fully saturated rings. The average molecular weight is 457 g/mol. The topological polar surface area (TPSA) is 102 Å². The minimum Gasteiger partial charge on any atom is -0.457 e. The molecule has 2 aromatic heterocycles. The van der Waals surface area contributed by atoms with Gasteiger partial charge >= 0.3 is 0 Å². The third-order valence-corrected chi connectivity index (χ3v) is 6.14. The summed E-state index contributed by atoms with van der Waals surface area (Å²) in [6.45, 7) is 3.43. The number of aromatic nitrogens is 4. The molecule has 1 aliphatic heterocycles. The molecule has 5 rings (SSSR count). The molecule has 8 heteroatoms. The molecule has 2 atom stereocenters. The molecule has 0 radical (unpaired) electrons.